The molecule has 0 bridgehead atoms. The Bertz CT molecular complexity index is 944. The summed E-state index contributed by atoms with van der Waals surface area (Å²) in [5.41, 5.74) is 2.52. The van der Waals surface area contributed by atoms with Gasteiger partial charge in [-0.15, -0.1) is 11.8 Å². The number of carbonyl (C=O) groups is 2. The summed E-state index contributed by atoms with van der Waals surface area (Å²) in [7, 11) is 0. The highest BCUT2D eigenvalue weighted by atomic mass is 32.2. The summed E-state index contributed by atoms with van der Waals surface area (Å²) in [5, 5.41) is 0. The van der Waals surface area contributed by atoms with Gasteiger partial charge in [0.1, 0.15) is 5.82 Å². The number of nitrogens with zero attached hydrogens (tertiary/aromatic N) is 2. The fraction of sp³-hybridized carbons (Fsp3) is 0.364. The monoisotopic (exact) mass is 398 g/mol. The predicted molar refractivity (Wildman–Crippen MR) is 109 cm³/mol. The highest BCUT2D eigenvalue weighted by molar-refractivity contribution is 8.02. The summed E-state index contributed by atoms with van der Waals surface area (Å²) < 4.78 is 13.1. The molecule has 6 heteroatoms. The first kappa shape index (κ1) is 19.0. The van der Waals surface area contributed by atoms with E-state index in [1.807, 2.05) is 31.2 Å². The van der Waals surface area contributed by atoms with Crippen molar-refractivity contribution in [3.8, 4) is 0 Å². The van der Waals surface area contributed by atoms with Gasteiger partial charge in [0.2, 0.25) is 5.91 Å². The van der Waals surface area contributed by atoms with Gasteiger partial charge in [0.05, 0.1) is 12.2 Å². The minimum Gasteiger partial charge on any atom is -0.314 e. The molecular formula is C22H23FN2O2S. The summed E-state index contributed by atoms with van der Waals surface area (Å²) in [6, 6.07) is 13.9. The molecule has 2 aromatic carbocycles. The Hall–Kier alpha value is -2.34. The van der Waals surface area contributed by atoms with Gasteiger partial charge in [-0.25, -0.2) is 4.39 Å². The first-order valence-electron chi connectivity index (χ1n) is 9.45. The lowest BCUT2D eigenvalue weighted by Gasteiger charge is -2.33. The van der Waals surface area contributed by atoms with Crippen molar-refractivity contribution in [2.75, 3.05) is 11.4 Å². The maximum Gasteiger partial charge on any atom is 0.268 e. The van der Waals surface area contributed by atoms with Crippen LogP contribution >= 0.6 is 11.8 Å². The van der Waals surface area contributed by atoms with Gasteiger partial charge in [0.15, 0.2) is 4.87 Å². The van der Waals surface area contributed by atoms with Crippen LogP contribution in [0.25, 0.3) is 0 Å². The normalized spacial score (nSPS) is 22.8. The van der Waals surface area contributed by atoms with Gasteiger partial charge in [-0.05, 0) is 37.6 Å². The second-order valence-corrected chi connectivity index (χ2v) is 9.77. The molecule has 0 aromatic heterocycles. The predicted octanol–water partition coefficient (Wildman–Crippen LogP) is 4.29. The van der Waals surface area contributed by atoms with E-state index in [-0.39, 0.29) is 22.4 Å². The number of para-hydroxylation sites is 1. The molecule has 4 rings (SSSR count). The quantitative estimate of drug-likeness (QED) is 0.774. The van der Waals surface area contributed by atoms with Crippen LogP contribution in [0.1, 0.15) is 38.3 Å². The van der Waals surface area contributed by atoms with E-state index in [1.165, 1.54) is 12.1 Å². The van der Waals surface area contributed by atoms with Gasteiger partial charge >= 0.3 is 0 Å². The summed E-state index contributed by atoms with van der Waals surface area (Å²) in [5.74, 6) is -0.429. The van der Waals surface area contributed by atoms with Gasteiger partial charge in [0, 0.05) is 23.3 Å². The van der Waals surface area contributed by atoms with Crippen LogP contribution in [0, 0.1) is 5.82 Å². The molecule has 1 spiro atoms. The van der Waals surface area contributed by atoms with Crippen LogP contribution in [-0.4, -0.2) is 28.0 Å². The number of halogens is 1. The molecule has 28 heavy (non-hydrogen) atoms. The van der Waals surface area contributed by atoms with E-state index < -0.39 is 4.87 Å². The van der Waals surface area contributed by atoms with E-state index in [0.717, 1.165) is 16.8 Å². The molecule has 0 saturated carbocycles. The minimum atomic E-state index is -1.03. The van der Waals surface area contributed by atoms with Crippen LogP contribution in [0.3, 0.4) is 0 Å². The molecule has 1 fully saturated rings. The van der Waals surface area contributed by atoms with Crippen molar-refractivity contribution < 1.29 is 14.0 Å². The fourth-order valence-corrected chi connectivity index (χ4v) is 5.88. The van der Waals surface area contributed by atoms with Crippen LogP contribution in [-0.2, 0) is 21.0 Å². The average molecular weight is 399 g/mol. The Morgan fingerprint density at radius 1 is 1.14 bits per heavy atom. The van der Waals surface area contributed by atoms with E-state index in [9.17, 15) is 14.0 Å². The van der Waals surface area contributed by atoms with E-state index >= 15 is 0 Å². The SMILES string of the molecule is CCC(=O)N1CC(C)(C)S[C@]12C(=O)N(Cc1ccc(F)cc1)c1ccccc12. The van der Waals surface area contributed by atoms with Gasteiger partial charge < -0.3 is 9.80 Å². The second kappa shape index (κ2) is 6.62. The number of benzene rings is 2. The lowest BCUT2D eigenvalue weighted by molar-refractivity contribution is -0.140. The standard InChI is InChI=1S/C22H23FN2O2S/c1-4-19(26)25-14-21(2,3)28-22(25)17-7-5-6-8-18(17)24(20(22)27)13-15-9-11-16(23)12-10-15/h5-12H,4,13-14H2,1-3H3/t22-/m1/s1. The van der Waals surface area contributed by atoms with Gasteiger partial charge in [-0.3, -0.25) is 9.59 Å². The van der Waals surface area contributed by atoms with E-state index in [0.29, 0.717) is 19.5 Å². The summed E-state index contributed by atoms with van der Waals surface area (Å²) in [6.07, 6.45) is 0.353. The molecule has 146 valence electrons. The first-order chi connectivity index (χ1) is 13.3. The third kappa shape index (κ3) is 2.82. The third-order valence-corrected chi connectivity index (χ3v) is 6.89. The molecule has 2 aromatic rings. The van der Waals surface area contributed by atoms with Crippen LogP contribution in [0.5, 0.6) is 0 Å². The van der Waals surface area contributed by atoms with E-state index in [2.05, 4.69) is 13.8 Å². The van der Waals surface area contributed by atoms with Crippen molar-refractivity contribution in [1.82, 2.24) is 4.90 Å². The number of anilines is 1. The van der Waals surface area contributed by atoms with Crippen LogP contribution < -0.4 is 4.90 Å². The Morgan fingerprint density at radius 3 is 2.50 bits per heavy atom. The third-order valence-electron chi connectivity index (χ3n) is 5.30. The Balaban J connectivity index is 1.82. The molecule has 4 nitrogen and oxygen atoms in total. The molecule has 0 radical (unpaired) electrons. The smallest absolute Gasteiger partial charge is 0.268 e. The molecule has 2 amide bonds. The molecule has 0 aliphatic carbocycles. The molecule has 2 aliphatic rings. The van der Waals surface area contributed by atoms with Gasteiger partial charge in [-0.1, -0.05) is 37.3 Å². The van der Waals surface area contributed by atoms with Crippen molar-refractivity contribution >= 4 is 29.3 Å². The molecule has 2 aliphatic heterocycles. The van der Waals surface area contributed by atoms with Crippen molar-refractivity contribution in [1.29, 1.82) is 0 Å². The first-order valence-corrected chi connectivity index (χ1v) is 10.3. The highest BCUT2D eigenvalue weighted by Crippen LogP contribution is 2.59. The van der Waals surface area contributed by atoms with Crippen molar-refractivity contribution in [2.24, 2.45) is 0 Å². The Kier molecular flexibility index (Phi) is 4.49. The average Bonchev–Trinajstić information content (AvgIpc) is 3.09. The largest absolute Gasteiger partial charge is 0.314 e. The Labute approximate surface area is 168 Å². The fourth-order valence-electron chi connectivity index (χ4n) is 4.13. The molecule has 1 saturated heterocycles. The highest BCUT2D eigenvalue weighted by Gasteiger charge is 2.63. The summed E-state index contributed by atoms with van der Waals surface area (Å²) in [6.45, 7) is 6.83. The van der Waals surface area contributed by atoms with Crippen LogP contribution in [0.2, 0.25) is 0 Å². The molecule has 1 atom stereocenters. The molecule has 0 N–H and O–H groups in total. The number of rotatable bonds is 3. The van der Waals surface area contributed by atoms with Crippen LogP contribution in [0.4, 0.5) is 10.1 Å². The summed E-state index contributed by atoms with van der Waals surface area (Å²) >= 11 is 1.55. The number of thioether (sulfide) groups is 1. The molecule has 2 heterocycles. The topological polar surface area (TPSA) is 40.6 Å². The number of hydrogen-bond acceptors (Lipinski definition) is 3. The maximum absolute atomic E-state index is 13.8. The Morgan fingerprint density at radius 2 is 1.82 bits per heavy atom. The molecular weight excluding hydrogens is 375 g/mol. The zero-order chi connectivity index (χ0) is 20.1. The van der Waals surface area contributed by atoms with Crippen molar-refractivity contribution in [2.45, 2.75) is 43.4 Å². The molecule has 0 unspecified atom stereocenters. The van der Waals surface area contributed by atoms with E-state index in [1.54, 1.807) is 33.7 Å². The number of fused-ring (bicyclic) bond motifs is 2. The summed E-state index contributed by atoms with van der Waals surface area (Å²) in [4.78, 5) is 29.1. The lowest BCUT2D eigenvalue weighted by atomic mass is 10.0. The number of hydrogen-bond donors (Lipinski definition) is 0. The minimum absolute atomic E-state index is 0.0233. The second-order valence-electron chi connectivity index (χ2n) is 7.87. The zero-order valence-electron chi connectivity index (χ0n) is 16.2. The van der Waals surface area contributed by atoms with Crippen LogP contribution in [0.15, 0.2) is 48.5 Å². The maximum atomic E-state index is 13.8. The van der Waals surface area contributed by atoms with Gasteiger partial charge in [0.25, 0.3) is 5.91 Å². The zero-order valence-corrected chi connectivity index (χ0v) is 17.1. The number of amides is 2. The lowest BCUT2D eigenvalue weighted by Crippen LogP contribution is -2.50. The number of carbonyl (C=O) groups excluding carboxylic acids is 2. The van der Waals surface area contributed by atoms with Crippen molar-refractivity contribution in [3.05, 3.63) is 65.5 Å². The van der Waals surface area contributed by atoms with E-state index in [4.69, 9.17) is 0 Å². The van der Waals surface area contributed by atoms with Crippen molar-refractivity contribution in [3.63, 3.8) is 0 Å². The van der Waals surface area contributed by atoms with Gasteiger partial charge in [-0.2, -0.15) is 0 Å².